The van der Waals surface area contributed by atoms with E-state index < -0.39 is 36.3 Å². The summed E-state index contributed by atoms with van der Waals surface area (Å²) in [6.45, 7) is 2.65. The number of ether oxygens (including phenoxy) is 2. The van der Waals surface area contributed by atoms with Gasteiger partial charge in [-0.25, -0.2) is 9.59 Å². The molecule has 0 unspecified atom stereocenters. The number of amides is 1. The van der Waals surface area contributed by atoms with E-state index in [1.54, 1.807) is 30.3 Å². The number of nitrogens with zero attached hydrogens (tertiary/aromatic N) is 2. The van der Waals surface area contributed by atoms with E-state index in [1.165, 1.54) is 16.7 Å². The fourth-order valence-corrected chi connectivity index (χ4v) is 3.90. The van der Waals surface area contributed by atoms with Crippen molar-refractivity contribution in [2.24, 2.45) is 5.92 Å². The molecule has 0 saturated carbocycles. The smallest absolute Gasteiger partial charge is 0.344 e. The van der Waals surface area contributed by atoms with Crippen molar-refractivity contribution in [1.82, 2.24) is 9.55 Å². The van der Waals surface area contributed by atoms with E-state index in [4.69, 9.17) is 38.4 Å². The zero-order valence-electron chi connectivity index (χ0n) is 20.2. The lowest BCUT2D eigenvalue weighted by atomic mass is 10.2. The van der Waals surface area contributed by atoms with Crippen molar-refractivity contribution in [2.45, 2.75) is 20.4 Å². The molecule has 196 valence electrons. The van der Waals surface area contributed by atoms with Gasteiger partial charge in [0.1, 0.15) is 11.6 Å². The summed E-state index contributed by atoms with van der Waals surface area (Å²) in [6, 6.07) is 13.5. The highest BCUT2D eigenvalue weighted by Crippen LogP contribution is 2.27. The lowest BCUT2D eigenvalue weighted by Gasteiger charge is -2.26. The van der Waals surface area contributed by atoms with Crippen molar-refractivity contribution in [2.75, 3.05) is 30.4 Å². The normalized spacial score (nSPS) is 10.8. The molecular weight excluding hydrogens is 523 g/mol. The van der Waals surface area contributed by atoms with E-state index in [1.807, 2.05) is 19.9 Å². The highest BCUT2D eigenvalue weighted by Gasteiger charge is 2.26. The summed E-state index contributed by atoms with van der Waals surface area (Å²) in [5.41, 5.74) is 5.27. The molecule has 1 amide bonds. The SMILES string of the molecule is CC(C)CN(C(=O)COC(=O)COc1ccc(Cl)cc1Cl)c1c(N)n(Cc2ccccc2)c(=O)[nH]c1=O. The van der Waals surface area contributed by atoms with Crippen LogP contribution in [-0.2, 0) is 20.9 Å². The second-order valence-electron chi connectivity index (χ2n) is 8.49. The number of rotatable bonds is 10. The quantitative estimate of drug-likeness (QED) is 0.371. The fraction of sp³-hybridized carbons (Fsp3) is 0.280. The van der Waals surface area contributed by atoms with Gasteiger partial charge in [0.15, 0.2) is 18.9 Å². The molecule has 1 heterocycles. The highest BCUT2D eigenvalue weighted by molar-refractivity contribution is 6.35. The molecule has 0 radical (unpaired) electrons. The molecule has 37 heavy (non-hydrogen) atoms. The summed E-state index contributed by atoms with van der Waals surface area (Å²) in [4.78, 5) is 53.9. The third-order valence-electron chi connectivity index (χ3n) is 5.11. The lowest BCUT2D eigenvalue weighted by molar-refractivity contribution is -0.149. The van der Waals surface area contributed by atoms with Crippen LogP contribution in [0, 0.1) is 5.92 Å². The minimum absolute atomic E-state index is 0.0802. The van der Waals surface area contributed by atoms with Crippen LogP contribution in [0.2, 0.25) is 10.0 Å². The Balaban J connectivity index is 1.77. The fourth-order valence-electron chi connectivity index (χ4n) is 3.43. The summed E-state index contributed by atoms with van der Waals surface area (Å²) in [6.07, 6.45) is 0. The van der Waals surface area contributed by atoms with Gasteiger partial charge in [0.05, 0.1) is 11.6 Å². The third-order valence-corrected chi connectivity index (χ3v) is 5.64. The second kappa shape index (κ2) is 12.5. The van der Waals surface area contributed by atoms with Crippen LogP contribution in [-0.4, -0.2) is 41.2 Å². The minimum atomic E-state index is -0.834. The standard InChI is InChI=1S/C25H26Cl2N4O6/c1-15(2)11-30(20(32)13-37-21(33)14-36-19-9-8-17(26)10-18(19)27)22-23(28)31(25(35)29-24(22)34)12-16-6-4-3-5-7-16/h3-10,15H,11-14,28H2,1-2H3,(H,29,34,35). The molecular formula is C25H26Cl2N4O6. The van der Waals surface area contributed by atoms with Gasteiger partial charge in [-0.15, -0.1) is 0 Å². The Morgan fingerprint density at radius 3 is 2.43 bits per heavy atom. The summed E-state index contributed by atoms with van der Waals surface area (Å²) >= 11 is 11.8. The maximum atomic E-state index is 13.1. The van der Waals surface area contributed by atoms with Crippen molar-refractivity contribution >= 4 is 46.6 Å². The number of halogens is 2. The number of hydrogen-bond donors (Lipinski definition) is 2. The van der Waals surface area contributed by atoms with Crippen LogP contribution < -0.4 is 26.6 Å². The summed E-state index contributed by atoms with van der Waals surface area (Å²) in [7, 11) is 0. The van der Waals surface area contributed by atoms with Gasteiger partial charge in [-0.3, -0.25) is 19.1 Å². The van der Waals surface area contributed by atoms with Gasteiger partial charge in [0.25, 0.3) is 11.5 Å². The molecule has 0 aliphatic rings. The number of nitrogens with one attached hydrogen (secondary N) is 1. The van der Waals surface area contributed by atoms with E-state index in [2.05, 4.69) is 4.98 Å². The number of carbonyl (C=O) groups excluding carboxylic acids is 2. The van der Waals surface area contributed by atoms with Gasteiger partial charge in [-0.2, -0.15) is 0 Å². The lowest BCUT2D eigenvalue weighted by Crippen LogP contribution is -2.44. The van der Waals surface area contributed by atoms with Gasteiger partial charge in [-0.1, -0.05) is 67.4 Å². The molecule has 1 aromatic heterocycles. The number of carbonyl (C=O) groups is 2. The van der Waals surface area contributed by atoms with Gasteiger partial charge in [0, 0.05) is 11.6 Å². The molecule has 3 N–H and O–H groups in total. The first-order valence-electron chi connectivity index (χ1n) is 11.3. The van der Waals surface area contributed by atoms with Crippen LogP contribution in [0.3, 0.4) is 0 Å². The average Bonchev–Trinajstić information content (AvgIpc) is 2.84. The number of aromatic nitrogens is 2. The molecule has 0 saturated heterocycles. The molecule has 2 aromatic carbocycles. The number of nitrogen functional groups attached to an aromatic ring is 1. The predicted molar refractivity (Wildman–Crippen MR) is 141 cm³/mol. The number of benzene rings is 2. The predicted octanol–water partition coefficient (Wildman–Crippen LogP) is 3.09. The molecule has 0 bridgehead atoms. The van der Waals surface area contributed by atoms with Crippen LogP contribution in [0.5, 0.6) is 5.75 Å². The number of aromatic amines is 1. The van der Waals surface area contributed by atoms with Gasteiger partial charge in [-0.05, 0) is 29.7 Å². The maximum absolute atomic E-state index is 13.1. The van der Waals surface area contributed by atoms with Crippen molar-refractivity contribution in [3.05, 3.63) is 85.0 Å². The summed E-state index contributed by atoms with van der Waals surface area (Å²) < 4.78 is 11.5. The molecule has 0 aliphatic carbocycles. The third kappa shape index (κ3) is 7.37. The van der Waals surface area contributed by atoms with Crippen molar-refractivity contribution < 1.29 is 19.1 Å². The number of esters is 1. The molecule has 0 spiro atoms. The highest BCUT2D eigenvalue weighted by atomic mass is 35.5. The van der Waals surface area contributed by atoms with Crippen LogP contribution in [0.25, 0.3) is 0 Å². The Bertz CT molecular complexity index is 1390. The number of anilines is 2. The van der Waals surface area contributed by atoms with Crippen molar-refractivity contribution in [3.63, 3.8) is 0 Å². The van der Waals surface area contributed by atoms with E-state index >= 15 is 0 Å². The van der Waals surface area contributed by atoms with Gasteiger partial charge < -0.3 is 20.1 Å². The Morgan fingerprint density at radius 2 is 1.78 bits per heavy atom. The molecule has 0 aliphatic heterocycles. The first kappa shape index (κ1) is 27.8. The van der Waals surface area contributed by atoms with E-state index in [-0.39, 0.29) is 41.3 Å². The first-order valence-corrected chi connectivity index (χ1v) is 12.0. The number of hydrogen-bond acceptors (Lipinski definition) is 7. The van der Waals surface area contributed by atoms with Crippen LogP contribution >= 0.6 is 23.2 Å². The number of H-pyrrole nitrogens is 1. The average molecular weight is 549 g/mol. The topological polar surface area (TPSA) is 137 Å². The molecule has 0 fully saturated rings. The Kier molecular flexibility index (Phi) is 9.37. The van der Waals surface area contributed by atoms with Gasteiger partial charge >= 0.3 is 11.7 Å². The molecule has 3 rings (SSSR count). The minimum Gasteiger partial charge on any atom is -0.480 e. The van der Waals surface area contributed by atoms with E-state index in [0.29, 0.717) is 5.02 Å². The first-order chi connectivity index (χ1) is 17.6. The van der Waals surface area contributed by atoms with Crippen molar-refractivity contribution in [3.8, 4) is 5.75 Å². The van der Waals surface area contributed by atoms with Gasteiger partial charge in [0.2, 0.25) is 0 Å². The zero-order valence-corrected chi connectivity index (χ0v) is 21.7. The molecule has 0 atom stereocenters. The Labute approximate surface area is 222 Å². The summed E-state index contributed by atoms with van der Waals surface area (Å²) in [5, 5.41) is 0.611. The van der Waals surface area contributed by atoms with Crippen LogP contribution in [0.4, 0.5) is 11.5 Å². The number of nitrogens with two attached hydrogens (primary N) is 1. The molecule has 3 aromatic rings. The maximum Gasteiger partial charge on any atom is 0.344 e. The molecule has 10 nitrogen and oxygen atoms in total. The largest absolute Gasteiger partial charge is 0.480 e. The van der Waals surface area contributed by atoms with E-state index in [9.17, 15) is 19.2 Å². The molecule has 12 heteroatoms. The van der Waals surface area contributed by atoms with Crippen LogP contribution in [0.1, 0.15) is 19.4 Å². The zero-order chi connectivity index (χ0) is 27.1. The van der Waals surface area contributed by atoms with Crippen molar-refractivity contribution in [1.29, 1.82) is 0 Å². The van der Waals surface area contributed by atoms with Crippen LogP contribution in [0.15, 0.2) is 58.1 Å². The monoisotopic (exact) mass is 548 g/mol. The second-order valence-corrected chi connectivity index (χ2v) is 9.33. The van der Waals surface area contributed by atoms with E-state index in [0.717, 1.165) is 10.5 Å². The Hall–Kier alpha value is -3.76. The Morgan fingerprint density at radius 1 is 1.08 bits per heavy atom. The summed E-state index contributed by atoms with van der Waals surface area (Å²) in [5.74, 6) is -1.58.